The molecule has 0 aliphatic carbocycles. The van der Waals surface area contributed by atoms with E-state index in [0.29, 0.717) is 33.2 Å². The largest absolute Gasteiger partial charge is 0.497 e. The summed E-state index contributed by atoms with van der Waals surface area (Å²) < 4.78 is 50.0. The van der Waals surface area contributed by atoms with E-state index in [9.17, 15) is 9.18 Å². The van der Waals surface area contributed by atoms with E-state index in [1.165, 1.54) is 42.8 Å². The summed E-state index contributed by atoms with van der Waals surface area (Å²) in [5.41, 5.74) is 4.38. The molecule has 43 heavy (non-hydrogen) atoms. The molecule has 11 heteroatoms. The van der Waals surface area contributed by atoms with Gasteiger partial charge < -0.3 is 9.57 Å². The van der Waals surface area contributed by atoms with Gasteiger partial charge >= 0.3 is 5.97 Å². The summed E-state index contributed by atoms with van der Waals surface area (Å²) in [6.07, 6.45) is 0. The van der Waals surface area contributed by atoms with Crippen LogP contribution in [0.3, 0.4) is 0 Å². The molecule has 0 bridgehead atoms. The van der Waals surface area contributed by atoms with Gasteiger partial charge in [-0.15, -0.1) is 11.8 Å². The van der Waals surface area contributed by atoms with E-state index in [2.05, 4.69) is 4.84 Å². The number of methoxy groups -OCH3 is 1. The van der Waals surface area contributed by atoms with Gasteiger partial charge in [0.2, 0.25) is 0 Å². The Morgan fingerprint density at radius 3 is 2.42 bits per heavy atom. The van der Waals surface area contributed by atoms with Crippen LogP contribution in [0.25, 0.3) is 11.3 Å². The third-order valence-electron chi connectivity index (χ3n) is 7.17. The smallest absolute Gasteiger partial charge is 0.356 e. The molecule has 0 aromatic heterocycles. The molecule has 4 aromatic rings. The Morgan fingerprint density at radius 1 is 1.00 bits per heavy atom. The van der Waals surface area contributed by atoms with Crippen molar-refractivity contribution in [3.63, 3.8) is 0 Å². The lowest BCUT2D eigenvalue weighted by atomic mass is 9.91. The number of allylic oxidation sites excluding steroid dienone is 1. The Balaban J connectivity index is 1.47. The zero-order chi connectivity index (χ0) is 30.2. The van der Waals surface area contributed by atoms with Gasteiger partial charge in [-0.2, -0.15) is 11.0 Å². The third-order valence-corrected chi connectivity index (χ3v) is 9.52. The first kappa shape index (κ1) is 28.9. The number of benzene rings is 4. The number of hydrazone groups is 1. The Morgan fingerprint density at radius 2 is 1.72 bits per heavy atom. The zero-order valence-corrected chi connectivity index (χ0v) is 24.6. The zero-order valence-electron chi connectivity index (χ0n) is 22.9. The maximum absolute atomic E-state index is 15.6. The summed E-state index contributed by atoms with van der Waals surface area (Å²) in [6.45, 7) is 1.82. The lowest BCUT2D eigenvalue weighted by molar-refractivity contribution is 0.0503. The second-order valence-corrected chi connectivity index (χ2v) is 11.9. The van der Waals surface area contributed by atoms with Gasteiger partial charge in [0.15, 0.2) is 0 Å². The van der Waals surface area contributed by atoms with Crippen molar-refractivity contribution in [1.29, 1.82) is 0 Å². The van der Waals surface area contributed by atoms with Crippen LogP contribution in [-0.4, -0.2) is 23.1 Å². The van der Waals surface area contributed by atoms with Crippen molar-refractivity contribution < 1.29 is 27.5 Å². The Labute approximate surface area is 254 Å². The molecule has 0 radical (unpaired) electrons. The maximum Gasteiger partial charge on any atom is 0.356 e. The number of halogens is 3. The standard InChI is InChI=1S/C32H24F3N3O3S2/c1-17-27-23(7-4-8-26(27)42-16-18-5-3-6-20(13-18)32(39)41-36)31-38(37-30(43-31)19-9-11-21(33)12-10-19)29(17)28-24(34)14-22(40-2)15-25(28)35/h3-15,31H,16,36H2,1-2H3. The first-order valence-electron chi connectivity index (χ1n) is 13.1. The highest BCUT2D eigenvalue weighted by Gasteiger charge is 2.41. The molecule has 0 fully saturated rings. The lowest BCUT2D eigenvalue weighted by Gasteiger charge is -2.35. The molecule has 218 valence electrons. The lowest BCUT2D eigenvalue weighted by Crippen LogP contribution is -2.24. The van der Waals surface area contributed by atoms with Crippen LogP contribution in [0, 0.1) is 17.5 Å². The molecule has 0 spiro atoms. The minimum atomic E-state index is -0.780. The minimum absolute atomic E-state index is 0.0630. The van der Waals surface area contributed by atoms with E-state index in [4.69, 9.17) is 15.7 Å². The fourth-order valence-corrected chi connectivity index (χ4v) is 7.48. The van der Waals surface area contributed by atoms with Crippen molar-refractivity contribution in [1.82, 2.24) is 5.01 Å². The summed E-state index contributed by atoms with van der Waals surface area (Å²) in [6, 6.07) is 21.1. The number of nitrogens with zero attached hydrogens (tertiary/aromatic N) is 2. The number of hydrogen-bond donors (Lipinski definition) is 1. The predicted octanol–water partition coefficient (Wildman–Crippen LogP) is 7.75. The van der Waals surface area contributed by atoms with Crippen molar-refractivity contribution in [2.45, 2.75) is 22.9 Å². The molecule has 2 heterocycles. The van der Waals surface area contributed by atoms with Crippen molar-refractivity contribution in [3.8, 4) is 5.75 Å². The number of ether oxygens (including phenoxy) is 1. The third kappa shape index (κ3) is 5.39. The number of carbonyl (C=O) groups excluding carboxylic acids is 1. The van der Waals surface area contributed by atoms with Gasteiger partial charge in [-0.1, -0.05) is 36.0 Å². The molecule has 0 saturated carbocycles. The molecular formula is C32H24F3N3O3S2. The Hall–Kier alpha value is -4.19. The summed E-state index contributed by atoms with van der Waals surface area (Å²) in [7, 11) is 1.35. The monoisotopic (exact) mass is 619 g/mol. The number of hydrogen-bond acceptors (Lipinski definition) is 8. The van der Waals surface area contributed by atoms with Crippen LogP contribution in [-0.2, 0) is 10.6 Å². The number of carbonyl (C=O) groups is 1. The van der Waals surface area contributed by atoms with Crippen molar-refractivity contribution in [3.05, 3.63) is 130 Å². The second-order valence-electron chi connectivity index (χ2n) is 9.78. The first-order chi connectivity index (χ1) is 20.8. The van der Waals surface area contributed by atoms with E-state index in [1.807, 2.05) is 31.2 Å². The highest BCUT2D eigenvalue weighted by atomic mass is 32.2. The summed E-state index contributed by atoms with van der Waals surface area (Å²) in [5.74, 6) is 3.06. The molecule has 6 nitrogen and oxygen atoms in total. The van der Waals surface area contributed by atoms with E-state index < -0.39 is 23.0 Å². The Bertz CT molecular complexity index is 1790. The van der Waals surface area contributed by atoms with Crippen LogP contribution in [0.2, 0.25) is 0 Å². The van der Waals surface area contributed by atoms with Gasteiger partial charge in [0.25, 0.3) is 0 Å². The molecule has 1 atom stereocenters. The molecular weight excluding hydrogens is 595 g/mol. The van der Waals surface area contributed by atoms with E-state index in [1.54, 1.807) is 35.3 Å². The van der Waals surface area contributed by atoms with Gasteiger partial charge in [-0.05, 0) is 71.7 Å². The van der Waals surface area contributed by atoms with Gasteiger partial charge in [0, 0.05) is 28.3 Å². The quantitative estimate of drug-likeness (QED) is 0.167. The van der Waals surface area contributed by atoms with Crippen LogP contribution in [0.15, 0.2) is 88.9 Å². The molecule has 2 aliphatic rings. The van der Waals surface area contributed by atoms with Gasteiger partial charge in [-0.3, -0.25) is 0 Å². The van der Waals surface area contributed by atoms with Crippen LogP contribution in [0.1, 0.15) is 50.5 Å². The second kappa shape index (κ2) is 11.8. The molecule has 2 N–H and O–H groups in total. The number of fused-ring (bicyclic) bond motifs is 3. The summed E-state index contributed by atoms with van der Waals surface area (Å²) >= 11 is 2.96. The number of thioether (sulfide) groups is 2. The fourth-order valence-electron chi connectivity index (χ4n) is 5.19. The molecule has 6 rings (SSSR count). The van der Waals surface area contributed by atoms with E-state index >= 15 is 8.78 Å². The van der Waals surface area contributed by atoms with E-state index in [-0.39, 0.29) is 17.1 Å². The predicted molar refractivity (Wildman–Crippen MR) is 163 cm³/mol. The highest BCUT2D eigenvalue weighted by molar-refractivity contribution is 8.14. The molecule has 0 saturated heterocycles. The van der Waals surface area contributed by atoms with Crippen molar-refractivity contribution in [2.75, 3.05) is 7.11 Å². The van der Waals surface area contributed by atoms with Gasteiger partial charge in [0.1, 0.15) is 33.6 Å². The molecule has 0 amide bonds. The molecule has 1 unspecified atom stereocenters. The van der Waals surface area contributed by atoms with Crippen LogP contribution >= 0.6 is 23.5 Å². The normalized spacial score (nSPS) is 15.6. The number of nitrogens with two attached hydrogens (primary N) is 1. The van der Waals surface area contributed by atoms with Crippen LogP contribution < -0.4 is 10.6 Å². The van der Waals surface area contributed by atoms with Crippen molar-refractivity contribution in [2.24, 2.45) is 11.0 Å². The topological polar surface area (TPSA) is 77.1 Å². The fraction of sp³-hybridized carbons (Fsp3) is 0.125. The SMILES string of the molecule is COc1cc(F)c(C2=C(C)c3c(SCc4cccc(C(=O)ON)c4)cccc3C3SC(c4ccc(F)cc4)=NN23)c(F)c1. The minimum Gasteiger partial charge on any atom is -0.497 e. The van der Waals surface area contributed by atoms with Crippen molar-refractivity contribution >= 4 is 45.8 Å². The van der Waals surface area contributed by atoms with Crippen LogP contribution in [0.5, 0.6) is 5.75 Å². The van der Waals surface area contributed by atoms with E-state index in [0.717, 1.165) is 33.7 Å². The Kier molecular flexibility index (Phi) is 7.95. The number of rotatable bonds is 7. The van der Waals surface area contributed by atoms with Crippen LogP contribution in [0.4, 0.5) is 13.2 Å². The average Bonchev–Trinajstić information content (AvgIpc) is 3.46. The highest BCUT2D eigenvalue weighted by Crippen LogP contribution is 2.54. The first-order valence-corrected chi connectivity index (χ1v) is 15.0. The summed E-state index contributed by atoms with van der Waals surface area (Å²) in [5, 5.41) is 6.61. The molecule has 2 aliphatic heterocycles. The maximum atomic E-state index is 15.6. The molecule has 4 aromatic carbocycles. The van der Waals surface area contributed by atoms with Gasteiger partial charge in [-0.25, -0.2) is 23.0 Å². The average molecular weight is 620 g/mol. The van der Waals surface area contributed by atoms with Gasteiger partial charge in [0.05, 0.1) is 23.9 Å². The summed E-state index contributed by atoms with van der Waals surface area (Å²) in [4.78, 5) is 17.2.